The molecule has 80 valence electrons. The molecule has 1 aliphatic rings. The molecule has 0 aromatic heterocycles. The topological polar surface area (TPSA) is 46.3 Å². The number of benzene rings is 1. The summed E-state index contributed by atoms with van der Waals surface area (Å²) in [5.41, 5.74) is 8.79. The molecule has 1 aromatic rings. The van der Waals surface area contributed by atoms with Crippen molar-refractivity contribution in [3.8, 4) is 0 Å². The number of rotatable bonds is 1. The van der Waals surface area contributed by atoms with Crippen molar-refractivity contribution in [3.05, 3.63) is 34.9 Å². The van der Waals surface area contributed by atoms with Crippen LogP contribution in [0.25, 0.3) is 0 Å². The first-order chi connectivity index (χ1) is 7.08. The lowest BCUT2D eigenvalue weighted by molar-refractivity contribution is 0.0608. The van der Waals surface area contributed by atoms with E-state index in [1.807, 2.05) is 32.0 Å². The van der Waals surface area contributed by atoms with Crippen molar-refractivity contribution in [2.45, 2.75) is 19.9 Å². The van der Waals surface area contributed by atoms with Gasteiger partial charge in [0.1, 0.15) is 0 Å². The molecule has 2 N–H and O–H groups in total. The van der Waals surface area contributed by atoms with Gasteiger partial charge in [-0.15, -0.1) is 0 Å². The van der Waals surface area contributed by atoms with E-state index in [4.69, 9.17) is 5.73 Å². The number of amides is 1. The number of likely N-dealkylation sites (tertiary alicyclic amines) is 1. The Labute approximate surface area is 89.9 Å². The van der Waals surface area contributed by atoms with Gasteiger partial charge in [0, 0.05) is 24.7 Å². The fourth-order valence-corrected chi connectivity index (χ4v) is 1.74. The number of aryl methyl sites for hydroxylation is 2. The van der Waals surface area contributed by atoms with Gasteiger partial charge in [-0.25, -0.2) is 0 Å². The second-order valence-electron chi connectivity index (χ2n) is 4.27. The van der Waals surface area contributed by atoms with E-state index in [1.165, 1.54) is 5.56 Å². The van der Waals surface area contributed by atoms with Gasteiger partial charge in [0.15, 0.2) is 0 Å². The van der Waals surface area contributed by atoms with Gasteiger partial charge >= 0.3 is 0 Å². The summed E-state index contributed by atoms with van der Waals surface area (Å²) >= 11 is 0. The quantitative estimate of drug-likeness (QED) is 0.744. The van der Waals surface area contributed by atoms with E-state index in [2.05, 4.69) is 0 Å². The summed E-state index contributed by atoms with van der Waals surface area (Å²) in [5, 5.41) is 0. The normalized spacial score (nSPS) is 16.3. The van der Waals surface area contributed by atoms with Crippen LogP contribution in [0.5, 0.6) is 0 Å². The fourth-order valence-electron chi connectivity index (χ4n) is 1.74. The molecule has 0 atom stereocenters. The summed E-state index contributed by atoms with van der Waals surface area (Å²) in [7, 11) is 0. The molecule has 0 spiro atoms. The van der Waals surface area contributed by atoms with Gasteiger partial charge in [0.2, 0.25) is 0 Å². The first-order valence-electron chi connectivity index (χ1n) is 5.20. The van der Waals surface area contributed by atoms with Crippen molar-refractivity contribution in [1.29, 1.82) is 0 Å². The Morgan fingerprint density at radius 3 is 2.53 bits per heavy atom. The molecule has 15 heavy (non-hydrogen) atoms. The smallest absolute Gasteiger partial charge is 0.253 e. The molecular weight excluding hydrogens is 188 g/mol. The van der Waals surface area contributed by atoms with Crippen LogP contribution in [0.1, 0.15) is 21.5 Å². The van der Waals surface area contributed by atoms with Gasteiger partial charge in [0.25, 0.3) is 5.91 Å². The number of carbonyl (C=O) groups is 1. The number of nitrogens with two attached hydrogens (primary N) is 1. The maximum Gasteiger partial charge on any atom is 0.253 e. The highest BCUT2D eigenvalue weighted by Crippen LogP contribution is 2.15. The van der Waals surface area contributed by atoms with E-state index < -0.39 is 0 Å². The lowest BCUT2D eigenvalue weighted by atomic mass is 10.0. The number of carbonyl (C=O) groups excluding carboxylic acids is 1. The van der Waals surface area contributed by atoms with Crippen LogP contribution in [0.15, 0.2) is 18.2 Å². The van der Waals surface area contributed by atoms with E-state index in [9.17, 15) is 4.79 Å². The molecule has 1 aliphatic heterocycles. The molecule has 0 unspecified atom stereocenters. The van der Waals surface area contributed by atoms with Gasteiger partial charge < -0.3 is 10.6 Å². The second-order valence-corrected chi connectivity index (χ2v) is 4.27. The zero-order valence-corrected chi connectivity index (χ0v) is 9.16. The predicted molar refractivity (Wildman–Crippen MR) is 59.8 cm³/mol. The van der Waals surface area contributed by atoms with E-state index in [1.54, 1.807) is 4.90 Å². The Kier molecular flexibility index (Phi) is 2.49. The van der Waals surface area contributed by atoms with E-state index >= 15 is 0 Å². The van der Waals surface area contributed by atoms with Crippen molar-refractivity contribution >= 4 is 5.91 Å². The van der Waals surface area contributed by atoms with Crippen LogP contribution in [-0.2, 0) is 0 Å². The molecule has 1 heterocycles. The fraction of sp³-hybridized carbons (Fsp3) is 0.417. The molecule has 2 rings (SSSR count). The number of nitrogens with zero attached hydrogens (tertiary/aromatic N) is 1. The molecule has 0 radical (unpaired) electrons. The van der Waals surface area contributed by atoms with Crippen molar-refractivity contribution < 1.29 is 4.79 Å². The zero-order chi connectivity index (χ0) is 11.0. The Morgan fingerprint density at radius 2 is 2.00 bits per heavy atom. The second kappa shape index (κ2) is 3.66. The van der Waals surface area contributed by atoms with Crippen LogP contribution < -0.4 is 5.73 Å². The van der Waals surface area contributed by atoms with Crippen molar-refractivity contribution in [3.63, 3.8) is 0 Å². The van der Waals surface area contributed by atoms with Crippen molar-refractivity contribution in [2.75, 3.05) is 13.1 Å². The van der Waals surface area contributed by atoms with Crippen molar-refractivity contribution in [1.82, 2.24) is 4.90 Å². The molecular formula is C12H16N2O. The van der Waals surface area contributed by atoms with Crippen LogP contribution in [-0.4, -0.2) is 29.9 Å². The highest BCUT2D eigenvalue weighted by atomic mass is 16.2. The van der Waals surface area contributed by atoms with Gasteiger partial charge in [-0.2, -0.15) is 0 Å². The summed E-state index contributed by atoms with van der Waals surface area (Å²) in [6.45, 7) is 5.44. The Hall–Kier alpha value is -1.35. The molecule has 0 aliphatic carbocycles. The van der Waals surface area contributed by atoms with Crippen LogP contribution in [0.3, 0.4) is 0 Å². The Bertz CT molecular complexity index is 395. The zero-order valence-electron chi connectivity index (χ0n) is 9.16. The molecule has 0 bridgehead atoms. The Balaban J connectivity index is 2.16. The molecule has 0 saturated carbocycles. The molecule has 1 amide bonds. The summed E-state index contributed by atoms with van der Waals surface area (Å²) in [4.78, 5) is 13.7. The monoisotopic (exact) mass is 204 g/mol. The van der Waals surface area contributed by atoms with E-state index in [0.717, 1.165) is 11.1 Å². The minimum atomic E-state index is 0.0970. The molecule has 3 heteroatoms. The SMILES string of the molecule is Cc1ccc(C(=O)N2CC(N)C2)cc1C. The van der Waals surface area contributed by atoms with Crippen LogP contribution in [0.4, 0.5) is 0 Å². The largest absolute Gasteiger partial charge is 0.335 e. The third-order valence-electron chi connectivity index (χ3n) is 2.95. The van der Waals surface area contributed by atoms with Gasteiger partial charge in [-0.1, -0.05) is 6.07 Å². The van der Waals surface area contributed by atoms with Crippen LogP contribution >= 0.6 is 0 Å². The van der Waals surface area contributed by atoms with E-state index in [-0.39, 0.29) is 11.9 Å². The van der Waals surface area contributed by atoms with Gasteiger partial charge in [-0.3, -0.25) is 4.79 Å². The minimum absolute atomic E-state index is 0.0970. The third-order valence-corrected chi connectivity index (χ3v) is 2.95. The average molecular weight is 204 g/mol. The maximum atomic E-state index is 11.9. The molecule has 1 aromatic carbocycles. The third kappa shape index (κ3) is 1.88. The molecule has 1 saturated heterocycles. The van der Waals surface area contributed by atoms with Gasteiger partial charge in [0.05, 0.1) is 0 Å². The van der Waals surface area contributed by atoms with Crippen LogP contribution in [0, 0.1) is 13.8 Å². The summed E-state index contributed by atoms with van der Waals surface area (Å²) in [5.74, 6) is 0.0970. The summed E-state index contributed by atoms with van der Waals surface area (Å²) < 4.78 is 0. The summed E-state index contributed by atoms with van der Waals surface area (Å²) in [6, 6.07) is 5.98. The lowest BCUT2D eigenvalue weighted by Crippen LogP contribution is -2.57. The standard InChI is InChI=1S/C12H16N2O/c1-8-3-4-10(5-9(8)2)12(15)14-6-11(13)7-14/h3-5,11H,6-7,13H2,1-2H3. The Morgan fingerprint density at radius 1 is 1.33 bits per heavy atom. The highest BCUT2D eigenvalue weighted by molar-refractivity contribution is 5.95. The van der Waals surface area contributed by atoms with Crippen molar-refractivity contribution in [2.24, 2.45) is 5.73 Å². The summed E-state index contributed by atoms with van der Waals surface area (Å²) in [6.07, 6.45) is 0. The number of hydrogen-bond donors (Lipinski definition) is 1. The molecule has 1 fully saturated rings. The first-order valence-corrected chi connectivity index (χ1v) is 5.20. The average Bonchev–Trinajstić information content (AvgIpc) is 2.16. The number of hydrogen-bond acceptors (Lipinski definition) is 2. The first kappa shape index (κ1) is 10.2. The lowest BCUT2D eigenvalue weighted by Gasteiger charge is -2.36. The van der Waals surface area contributed by atoms with Gasteiger partial charge in [-0.05, 0) is 37.1 Å². The predicted octanol–water partition coefficient (Wildman–Crippen LogP) is 1.09. The van der Waals surface area contributed by atoms with Crippen LogP contribution in [0.2, 0.25) is 0 Å². The van der Waals surface area contributed by atoms with E-state index in [0.29, 0.717) is 13.1 Å². The molecule has 3 nitrogen and oxygen atoms in total. The minimum Gasteiger partial charge on any atom is -0.335 e. The highest BCUT2D eigenvalue weighted by Gasteiger charge is 2.28. The maximum absolute atomic E-state index is 11.9.